The van der Waals surface area contributed by atoms with Crippen molar-refractivity contribution >= 4 is 17.5 Å². The Morgan fingerprint density at radius 3 is 2.78 bits per heavy atom. The summed E-state index contributed by atoms with van der Waals surface area (Å²) in [5.74, 6) is 0.574. The predicted molar refractivity (Wildman–Crippen MR) is 71.1 cm³/mol. The van der Waals surface area contributed by atoms with Crippen molar-refractivity contribution in [1.29, 1.82) is 0 Å². The summed E-state index contributed by atoms with van der Waals surface area (Å²) in [4.78, 5) is 13.1. The summed E-state index contributed by atoms with van der Waals surface area (Å²) in [7, 11) is 1.72. The molecule has 4 nitrogen and oxygen atoms in total. The number of para-hydroxylation sites is 1. The van der Waals surface area contributed by atoms with Gasteiger partial charge in [-0.2, -0.15) is 0 Å². The second kappa shape index (κ2) is 7.95. The third-order valence-electron chi connectivity index (χ3n) is 2.38. The molecule has 5 heteroatoms. The van der Waals surface area contributed by atoms with E-state index in [9.17, 15) is 4.79 Å². The second-order valence-corrected chi connectivity index (χ2v) is 4.14. The fourth-order valence-electron chi connectivity index (χ4n) is 1.28. The van der Waals surface area contributed by atoms with Gasteiger partial charge in [0.1, 0.15) is 19.0 Å². The minimum absolute atomic E-state index is 0.0559. The standard InChI is InChI=1S/C13H18ClNO3/c1-3-17-10-13(16)15(2)8-9-18-12-7-5-4-6-11(12)14/h4-7H,3,8-10H2,1-2H3. The molecule has 0 aliphatic rings. The quantitative estimate of drug-likeness (QED) is 0.763. The molecule has 0 aliphatic heterocycles. The van der Waals surface area contributed by atoms with Crippen LogP contribution in [0.2, 0.25) is 5.02 Å². The Labute approximate surface area is 112 Å². The zero-order valence-corrected chi connectivity index (χ0v) is 11.4. The summed E-state index contributed by atoms with van der Waals surface area (Å²) >= 11 is 5.95. The van der Waals surface area contributed by atoms with Crippen LogP contribution in [0.5, 0.6) is 5.75 Å². The summed E-state index contributed by atoms with van der Waals surface area (Å²) in [6, 6.07) is 7.25. The average Bonchev–Trinajstić information content (AvgIpc) is 2.38. The number of benzene rings is 1. The van der Waals surface area contributed by atoms with Crippen LogP contribution in [-0.2, 0) is 9.53 Å². The highest BCUT2D eigenvalue weighted by atomic mass is 35.5. The first-order valence-corrected chi connectivity index (χ1v) is 6.22. The normalized spacial score (nSPS) is 10.2. The molecule has 0 aliphatic carbocycles. The lowest BCUT2D eigenvalue weighted by molar-refractivity contribution is -0.134. The van der Waals surface area contributed by atoms with E-state index >= 15 is 0 Å². The van der Waals surface area contributed by atoms with Crippen LogP contribution in [0.1, 0.15) is 6.92 Å². The Kier molecular flexibility index (Phi) is 6.54. The van der Waals surface area contributed by atoms with Gasteiger partial charge in [-0.3, -0.25) is 4.79 Å². The number of hydrogen-bond donors (Lipinski definition) is 0. The highest BCUT2D eigenvalue weighted by Crippen LogP contribution is 2.22. The first-order chi connectivity index (χ1) is 8.65. The van der Waals surface area contributed by atoms with Crippen molar-refractivity contribution in [3.8, 4) is 5.75 Å². The molecule has 0 fully saturated rings. The van der Waals surface area contributed by atoms with E-state index in [1.54, 1.807) is 24.1 Å². The van der Waals surface area contributed by atoms with Gasteiger partial charge in [0.15, 0.2) is 0 Å². The van der Waals surface area contributed by atoms with Crippen molar-refractivity contribution in [2.24, 2.45) is 0 Å². The van der Waals surface area contributed by atoms with Crippen LogP contribution in [0, 0.1) is 0 Å². The number of ether oxygens (including phenoxy) is 2. The van der Waals surface area contributed by atoms with Crippen molar-refractivity contribution < 1.29 is 14.3 Å². The van der Waals surface area contributed by atoms with Crippen LogP contribution >= 0.6 is 11.6 Å². The van der Waals surface area contributed by atoms with Gasteiger partial charge in [0.25, 0.3) is 0 Å². The molecule has 0 spiro atoms. The van der Waals surface area contributed by atoms with Crippen LogP contribution in [0.3, 0.4) is 0 Å². The smallest absolute Gasteiger partial charge is 0.248 e. The largest absolute Gasteiger partial charge is 0.490 e. The first-order valence-electron chi connectivity index (χ1n) is 5.84. The van der Waals surface area contributed by atoms with Crippen molar-refractivity contribution in [2.45, 2.75) is 6.92 Å². The fraction of sp³-hybridized carbons (Fsp3) is 0.462. The van der Waals surface area contributed by atoms with Crippen LogP contribution in [0.25, 0.3) is 0 Å². The molecule has 18 heavy (non-hydrogen) atoms. The molecule has 0 heterocycles. The monoisotopic (exact) mass is 271 g/mol. The number of carbonyl (C=O) groups is 1. The minimum Gasteiger partial charge on any atom is -0.490 e. The lowest BCUT2D eigenvalue weighted by Crippen LogP contribution is -2.33. The number of rotatable bonds is 7. The lowest BCUT2D eigenvalue weighted by atomic mass is 10.3. The van der Waals surface area contributed by atoms with Gasteiger partial charge in [-0.15, -0.1) is 0 Å². The molecule has 0 saturated heterocycles. The van der Waals surface area contributed by atoms with Gasteiger partial charge in [0.2, 0.25) is 5.91 Å². The molecule has 1 rings (SSSR count). The van der Waals surface area contributed by atoms with Crippen molar-refractivity contribution in [1.82, 2.24) is 4.90 Å². The van der Waals surface area contributed by atoms with Crippen molar-refractivity contribution in [3.05, 3.63) is 29.3 Å². The van der Waals surface area contributed by atoms with Gasteiger partial charge in [0.05, 0.1) is 11.6 Å². The summed E-state index contributed by atoms with van der Waals surface area (Å²) in [5, 5.41) is 0.570. The molecular weight excluding hydrogens is 254 g/mol. The van der Waals surface area contributed by atoms with Gasteiger partial charge < -0.3 is 14.4 Å². The molecular formula is C13H18ClNO3. The Bertz CT molecular complexity index is 384. The summed E-state index contributed by atoms with van der Waals surface area (Å²) in [6.45, 7) is 3.40. The molecule has 1 aromatic rings. The van der Waals surface area contributed by atoms with E-state index < -0.39 is 0 Å². The Morgan fingerprint density at radius 2 is 2.11 bits per heavy atom. The van der Waals surface area contributed by atoms with E-state index in [0.717, 1.165) is 0 Å². The average molecular weight is 272 g/mol. The molecule has 1 amide bonds. The third kappa shape index (κ3) is 4.94. The zero-order valence-electron chi connectivity index (χ0n) is 10.7. The molecule has 0 radical (unpaired) electrons. The summed E-state index contributed by atoms with van der Waals surface area (Å²) in [6.07, 6.45) is 0. The zero-order chi connectivity index (χ0) is 13.4. The fourth-order valence-corrected chi connectivity index (χ4v) is 1.47. The molecule has 0 unspecified atom stereocenters. The number of carbonyl (C=O) groups excluding carboxylic acids is 1. The third-order valence-corrected chi connectivity index (χ3v) is 2.69. The summed E-state index contributed by atoms with van der Waals surface area (Å²) in [5.41, 5.74) is 0. The molecule has 1 aromatic carbocycles. The van der Waals surface area contributed by atoms with Crippen LogP contribution < -0.4 is 4.74 Å². The molecule has 0 bridgehead atoms. The Balaban J connectivity index is 2.29. The molecule has 0 saturated carbocycles. The van der Waals surface area contributed by atoms with Gasteiger partial charge >= 0.3 is 0 Å². The van der Waals surface area contributed by atoms with Crippen molar-refractivity contribution in [2.75, 3.05) is 33.4 Å². The van der Waals surface area contributed by atoms with Crippen LogP contribution in [0.4, 0.5) is 0 Å². The highest BCUT2D eigenvalue weighted by molar-refractivity contribution is 6.32. The van der Waals surface area contributed by atoms with Crippen LogP contribution in [0.15, 0.2) is 24.3 Å². The summed E-state index contributed by atoms with van der Waals surface area (Å²) < 4.78 is 10.5. The molecule has 0 atom stereocenters. The number of amides is 1. The minimum atomic E-state index is -0.0559. The molecule has 100 valence electrons. The van der Waals surface area contributed by atoms with E-state index in [4.69, 9.17) is 21.1 Å². The lowest BCUT2D eigenvalue weighted by Gasteiger charge is -2.17. The van der Waals surface area contributed by atoms with E-state index in [2.05, 4.69) is 0 Å². The van der Waals surface area contributed by atoms with Gasteiger partial charge in [-0.05, 0) is 19.1 Å². The van der Waals surface area contributed by atoms with E-state index in [1.165, 1.54) is 0 Å². The Morgan fingerprint density at radius 1 is 1.39 bits per heavy atom. The van der Waals surface area contributed by atoms with E-state index in [1.807, 2.05) is 19.1 Å². The Hall–Kier alpha value is -1.26. The number of halogens is 1. The van der Waals surface area contributed by atoms with Crippen LogP contribution in [-0.4, -0.2) is 44.2 Å². The molecule has 0 aromatic heterocycles. The first kappa shape index (κ1) is 14.8. The number of hydrogen-bond acceptors (Lipinski definition) is 3. The highest BCUT2D eigenvalue weighted by Gasteiger charge is 2.08. The maximum Gasteiger partial charge on any atom is 0.248 e. The topological polar surface area (TPSA) is 38.8 Å². The van der Waals surface area contributed by atoms with Gasteiger partial charge in [-0.1, -0.05) is 23.7 Å². The number of likely N-dealkylation sites (N-methyl/N-ethyl adjacent to an activating group) is 1. The van der Waals surface area contributed by atoms with E-state index in [-0.39, 0.29) is 12.5 Å². The van der Waals surface area contributed by atoms with E-state index in [0.29, 0.717) is 30.5 Å². The molecule has 0 N–H and O–H groups in total. The van der Waals surface area contributed by atoms with Crippen molar-refractivity contribution in [3.63, 3.8) is 0 Å². The predicted octanol–water partition coefficient (Wildman–Crippen LogP) is 2.21. The SMILES string of the molecule is CCOCC(=O)N(C)CCOc1ccccc1Cl. The maximum absolute atomic E-state index is 11.5. The number of nitrogens with zero attached hydrogens (tertiary/aromatic N) is 1. The van der Waals surface area contributed by atoms with Gasteiger partial charge in [0, 0.05) is 13.7 Å². The maximum atomic E-state index is 11.5. The van der Waals surface area contributed by atoms with Gasteiger partial charge in [-0.25, -0.2) is 0 Å². The second-order valence-electron chi connectivity index (χ2n) is 3.73.